The Bertz CT molecular complexity index is 788. The number of furan rings is 1. The van der Waals surface area contributed by atoms with Crippen molar-refractivity contribution in [3.63, 3.8) is 0 Å². The Morgan fingerprint density at radius 2 is 1.96 bits per heavy atom. The van der Waals surface area contributed by atoms with Gasteiger partial charge in [0, 0.05) is 13.5 Å². The molecular formula is C16H18N2O4S. The Kier molecular flexibility index (Phi) is 5.55. The molecule has 6 nitrogen and oxygen atoms in total. The highest BCUT2D eigenvalue weighted by Crippen LogP contribution is 2.21. The highest BCUT2D eigenvalue weighted by Gasteiger charge is 2.23. The summed E-state index contributed by atoms with van der Waals surface area (Å²) in [6.07, 6.45) is 0.724. The van der Waals surface area contributed by atoms with E-state index in [9.17, 15) is 8.42 Å². The molecule has 0 radical (unpaired) electrons. The highest BCUT2D eigenvalue weighted by atomic mass is 32.2. The van der Waals surface area contributed by atoms with Crippen molar-refractivity contribution in [1.82, 2.24) is 4.72 Å². The van der Waals surface area contributed by atoms with Crippen LogP contribution in [0.3, 0.4) is 0 Å². The van der Waals surface area contributed by atoms with Crippen LogP contribution in [0.2, 0.25) is 0 Å². The van der Waals surface area contributed by atoms with Crippen molar-refractivity contribution in [1.29, 1.82) is 5.26 Å². The molecule has 0 bridgehead atoms. The lowest BCUT2D eigenvalue weighted by Gasteiger charge is -2.16. The van der Waals surface area contributed by atoms with Gasteiger partial charge in [-0.15, -0.1) is 0 Å². The second-order valence-electron chi connectivity index (χ2n) is 4.92. The van der Waals surface area contributed by atoms with E-state index in [4.69, 9.17) is 14.4 Å². The number of rotatable bonds is 7. The lowest BCUT2D eigenvalue weighted by Crippen LogP contribution is -2.31. The van der Waals surface area contributed by atoms with Gasteiger partial charge in [-0.3, -0.25) is 0 Å². The molecule has 122 valence electrons. The fourth-order valence-corrected chi connectivity index (χ4v) is 3.27. The Labute approximate surface area is 135 Å². The quantitative estimate of drug-likeness (QED) is 0.839. The smallest absolute Gasteiger partial charge is 0.241 e. The van der Waals surface area contributed by atoms with E-state index in [-0.39, 0.29) is 11.5 Å². The standard InChI is InChI=1S/C16H18N2O4S/c1-3-13-6-9-16(22-13)15(11-21-2)18-23(19,20)14-7-4-12(10-17)5-8-14/h4-9,15,18H,3,11H2,1-2H3/t15-/m0/s1. The lowest BCUT2D eigenvalue weighted by atomic mass is 10.2. The summed E-state index contributed by atoms with van der Waals surface area (Å²) >= 11 is 0. The number of nitrogens with one attached hydrogen (secondary N) is 1. The topological polar surface area (TPSA) is 92.3 Å². The molecule has 1 heterocycles. The largest absolute Gasteiger partial charge is 0.464 e. The fraction of sp³-hybridized carbons (Fsp3) is 0.312. The molecule has 0 aliphatic rings. The van der Waals surface area contributed by atoms with Crippen LogP contribution in [0, 0.1) is 11.3 Å². The summed E-state index contributed by atoms with van der Waals surface area (Å²) in [4.78, 5) is 0.0832. The summed E-state index contributed by atoms with van der Waals surface area (Å²) in [5.41, 5.74) is 0.399. The van der Waals surface area contributed by atoms with Crippen LogP contribution in [0.4, 0.5) is 0 Å². The van der Waals surface area contributed by atoms with Gasteiger partial charge in [0.2, 0.25) is 10.0 Å². The monoisotopic (exact) mass is 334 g/mol. The summed E-state index contributed by atoms with van der Waals surface area (Å²) in [6.45, 7) is 2.10. The van der Waals surface area contributed by atoms with E-state index in [0.29, 0.717) is 11.3 Å². The number of nitriles is 1. The van der Waals surface area contributed by atoms with Crippen molar-refractivity contribution in [2.75, 3.05) is 13.7 Å². The fourth-order valence-electron chi connectivity index (χ4n) is 2.08. The number of aryl methyl sites for hydroxylation is 1. The van der Waals surface area contributed by atoms with Crippen molar-refractivity contribution in [2.24, 2.45) is 0 Å². The van der Waals surface area contributed by atoms with Gasteiger partial charge in [0.05, 0.1) is 23.1 Å². The minimum absolute atomic E-state index is 0.0832. The van der Waals surface area contributed by atoms with Crippen molar-refractivity contribution in [2.45, 2.75) is 24.3 Å². The third kappa shape index (κ3) is 4.20. The molecule has 0 aliphatic carbocycles. The van der Waals surface area contributed by atoms with Crippen molar-refractivity contribution in [3.05, 3.63) is 53.5 Å². The number of ether oxygens (including phenoxy) is 1. The summed E-state index contributed by atoms with van der Waals surface area (Å²) in [6, 6.07) is 10.6. The molecule has 1 N–H and O–H groups in total. The molecule has 1 aromatic heterocycles. The van der Waals surface area contributed by atoms with Gasteiger partial charge in [-0.2, -0.15) is 9.98 Å². The van der Waals surface area contributed by atoms with E-state index >= 15 is 0 Å². The van der Waals surface area contributed by atoms with Crippen LogP contribution in [-0.2, 0) is 21.2 Å². The van der Waals surface area contributed by atoms with E-state index in [0.717, 1.165) is 12.2 Å². The third-order valence-corrected chi connectivity index (χ3v) is 4.79. The number of nitrogens with zero attached hydrogens (tertiary/aromatic N) is 1. The van der Waals surface area contributed by atoms with Crippen molar-refractivity contribution in [3.8, 4) is 6.07 Å². The Morgan fingerprint density at radius 1 is 1.26 bits per heavy atom. The van der Waals surface area contributed by atoms with Crippen LogP contribution < -0.4 is 4.72 Å². The van der Waals surface area contributed by atoms with Crippen LogP contribution in [0.25, 0.3) is 0 Å². The molecule has 0 unspecified atom stereocenters. The third-order valence-electron chi connectivity index (χ3n) is 3.30. The normalized spacial score (nSPS) is 12.7. The molecule has 0 saturated carbocycles. The molecule has 23 heavy (non-hydrogen) atoms. The first-order valence-electron chi connectivity index (χ1n) is 7.10. The molecule has 2 aromatic rings. The summed E-state index contributed by atoms with van der Waals surface area (Å²) in [5, 5.41) is 8.78. The van der Waals surface area contributed by atoms with Crippen LogP contribution in [-0.4, -0.2) is 22.1 Å². The van der Waals surface area contributed by atoms with Gasteiger partial charge in [0.15, 0.2) is 0 Å². The summed E-state index contributed by atoms with van der Waals surface area (Å²) in [7, 11) is -2.26. The minimum Gasteiger partial charge on any atom is -0.464 e. The number of methoxy groups -OCH3 is 1. The molecule has 2 rings (SSSR count). The predicted octanol–water partition coefficient (Wildman–Crippen LogP) is 2.38. The zero-order chi connectivity index (χ0) is 16.9. The van der Waals surface area contributed by atoms with Crippen LogP contribution in [0.5, 0.6) is 0 Å². The molecule has 0 amide bonds. The first kappa shape index (κ1) is 17.2. The maximum atomic E-state index is 12.5. The van der Waals surface area contributed by atoms with Gasteiger partial charge in [-0.25, -0.2) is 8.42 Å². The highest BCUT2D eigenvalue weighted by molar-refractivity contribution is 7.89. The second-order valence-corrected chi connectivity index (χ2v) is 6.64. The number of hydrogen-bond acceptors (Lipinski definition) is 5. The van der Waals surface area contributed by atoms with Gasteiger partial charge in [-0.1, -0.05) is 6.92 Å². The predicted molar refractivity (Wildman–Crippen MR) is 84.2 cm³/mol. The number of sulfonamides is 1. The average molecular weight is 334 g/mol. The molecule has 0 aliphatic heterocycles. The van der Waals surface area contributed by atoms with E-state index < -0.39 is 16.1 Å². The van der Waals surface area contributed by atoms with Gasteiger partial charge in [0.25, 0.3) is 0 Å². The van der Waals surface area contributed by atoms with E-state index in [1.54, 1.807) is 6.07 Å². The molecular weight excluding hydrogens is 316 g/mol. The van der Waals surface area contributed by atoms with Gasteiger partial charge in [0.1, 0.15) is 17.6 Å². The van der Waals surface area contributed by atoms with Crippen LogP contribution >= 0.6 is 0 Å². The number of hydrogen-bond donors (Lipinski definition) is 1. The van der Waals surface area contributed by atoms with Gasteiger partial charge >= 0.3 is 0 Å². The maximum Gasteiger partial charge on any atom is 0.241 e. The van der Waals surface area contributed by atoms with Crippen molar-refractivity contribution < 1.29 is 17.6 Å². The SMILES string of the molecule is CCc1ccc([C@H](COC)NS(=O)(=O)c2ccc(C#N)cc2)o1. The Morgan fingerprint density at radius 3 is 2.48 bits per heavy atom. The molecule has 1 aromatic carbocycles. The molecule has 7 heteroatoms. The van der Waals surface area contributed by atoms with E-state index in [1.165, 1.54) is 31.4 Å². The molecule has 0 fully saturated rings. The zero-order valence-corrected chi connectivity index (χ0v) is 13.8. The molecule has 0 saturated heterocycles. The maximum absolute atomic E-state index is 12.5. The molecule has 0 spiro atoms. The number of benzene rings is 1. The first-order chi connectivity index (χ1) is 11.0. The summed E-state index contributed by atoms with van der Waals surface area (Å²) in [5.74, 6) is 1.28. The zero-order valence-electron chi connectivity index (χ0n) is 12.9. The van der Waals surface area contributed by atoms with Crippen LogP contribution in [0.15, 0.2) is 45.7 Å². The van der Waals surface area contributed by atoms with Gasteiger partial charge < -0.3 is 9.15 Å². The van der Waals surface area contributed by atoms with Crippen LogP contribution in [0.1, 0.15) is 30.0 Å². The first-order valence-corrected chi connectivity index (χ1v) is 8.58. The summed E-state index contributed by atoms with van der Waals surface area (Å²) < 4.78 is 38.2. The van der Waals surface area contributed by atoms with Crippen molar-refractivity contribution >= 4 is 10.0 Å². The van der Waals surface area contributed by atoms with E-state index in [2.05, 4.69) is 4.72 Å². The Hall–Kier alpha value is -2.14. The minimum atomic E-state index is -3.75. The van der Waals surface area contributed by atoms with E-state index in [1.807, 2.05) is 19.1 Å². The molecule has 1 atom stereocenters. The second kappa shape index (κ2) is 7.42. The lowest BCUT2D eigenvalue weighted by molar-refractivity contribution is 0.166. The van der Waals surface area contributed by atoms with Gasteiger partial charge in [-0.05, 0) is 36.4 Å². The average Bonchev–Trinajstić information content (AvgIpc) is 3.03. The Balaban J connectivity index is 2.25.